The molecule has 1 aromatic rings. The van der Waals surface area contributed by atoms with Crippen molar-refractivity contribution in [1.29, 1.82) is 0 Å². The maximum absolute atomic E-state index is 12.3. The third-order valence-corrected chi connectivity index (χ3v) is 1.59. The predicted molar refractivity (Wildman–Crippen MR) is 49.8 cm³/mol. The Bertz CT molecular complexity index is 388. The first-order valence-corrected chi connectivity index (χ1v) is 4.56. The summed E-state index contributed by atoms with van der Waals surface area (Å²) in [7, 11) is 0. The molecule has 3 nitrogen and oxygen atoms in total. The van der Waals surface area contributed by atoms with Gasteiger partial charge < -0.3 is 4.74 Å². The maximum atomic E-state index is 12.3. The molecule has 0 radical (unpaired) electrons. The molecule has 6 heteroatoms. The largest absolute Gasteiger partial charge is 0.458 e. The van der Waals surface area contributed by atoms with Gasteiger partial charge in [-0.1, -0.05) is 6.07 Å². The number of hydrogen-bond acceptors (Lipinski definition) is 3. The SMILES string of the molecule is CC(C)OC(=O)c1cccc(C(F)(F)F)n1. The smallest absolute Gasteiger partial charge is 0.433 e. The van der Waals surface area contributed by atoms with Gasteiger partial charge in [0, 0.05) is 0 Å². The lowest BCUT2D eigenvalue weighted by Gasteiger charge is -2.09. The van der Waals surface area contributed by atoms with Crippen LogP contribution >= 0.6 is 0 Å². The molecule has 1 heterocycles. The molecule has 0 unspecified atom stereocenters. The second-order valence-electron chi connectivity index (χ2n) is 3.36. The fraction of sp³-hybridized carbons (Fsp3) is 0.400. The highest BCUT2D eigenvalue weighted by Crippen LogP contribution is 2.27. The number of hydrogen-bond donors (Lipinski definition) is 0. The first-order valence-electron chi connectivity index (χ1n) is 4.56. The number of nitrogens with zero attached hydrogens (tertiary/aromatic N) is 1. The summed E-state index contributed by atoms with van der Waals surface area (Å²) < 4.78 is 41.6. The third-order valence-electron chi connectivity index (χ3n) is 1.59. The van der Waals surface area contributed by atoms with E-state index in [0.29, 0.717) is 0 Å². The summed E-state index contributed by atoms with van der Waals surface area (Å²) >= 11 is 0. The first kappa shape index (κ1) is 12.5. The molecule has 0 N–H and O–H groups in total. The Morgan fingerprint density at radius 2 is 2.00 bits per heavy atom. The lowest BCUT2D eigenvalue weighted by atomic mass is 10.3. The molecule has 16 heavy (non-hydrogen) atoms. The van der Waals surface area contributed by atoms with Gasteiger partial charge in [0.25, 0.3) is 0 Å². The van der Waals surface area contributed by atoms with E-state index in [-0.39, 0.29) is 5.69 Å². The molecule has 0 saturated carbocycles. The van der Waals surface area contributed by atoms with Crippen molar-refractivity contribution in [1.82, 2.24) is 4.98 Å². The Balaban J connectivity index is 2.95. The number of halogens is 3. The number of carbonyl (C=O) groups is 1. The van der Waals surface area contributed by atoms with E-state index >= 15 is 0 Å². The van der Waals surface area contributed by atoms with E-state index in [9.17, 15) is 18.0 Å². The summed E-state index contributed by atoms with van der Waals surface area (Å²) in [6.45, 7) is 3.21. The monoisotopic (exact) mass is 233 g/mol. The van der Waals surface area contributed by atoms with Crippen molar-refractivity contribution in [2.75, 3.05) is 0 Å². The number of ether oxygens (including phenoxy) is 1. The molecule has 88 valence electrons. The minimum Gasteiger partial charge on any atom is -0.458 e. The second-order valence-corrected chi connectivity index (χ2v) is 3.36. The average molecular weight is 233 g/mol. The van der Waals surface area contributed by atoms with Gasteiger partial charge in [-0.15, -0.1) is 0 Å². The van der Waals surface area contributed by atoms with Gasteiger partial charge in [0.2, 0.25) is 0 Å². The van der Waals surface area contributed by atoms with Crippen LogP contribution in [-0.4, -0.2) is 17.1 Å². The van der Waals surface area contributed by atoms with Crippen LogP contribution in [0, 0.1) is 0 Å². The summed E-state index contributed by atoms with van der Waals surface area (Å²) in [5, 5.41) is 0. The highest BCUT2D eigenvalue weighted by atomic mass is 19.4. The molecule has 0 aliphatic rings. The van der Waals surface area contributed by atoms with Gasteiger partial charge in [0.05, 0.1) is 6.10 Å². The average Bonchev–Trinajstić information content (AvgIpc) is 2.15. The summed E-state index contributed by atoms with van der Waals surface area (Å²) in [6.07, 6.45) is -4.96. The summed E-state index contributed by atoms with van der Waals surface area (Å²) in [5.74, 6) is -0.860. The number of rotatable bonds is 2. The minimum atomic E-state index is -4.56. The van der Waals surface area contributed by atoms with Crippen molar-refractivity contribution < 1.29 is 22.7 Å². The molecule has 0 aliphatic heterocycles. The molecule has 0 spiro atoms. The van der Waals surface area contributed by atoms with E-state index in [4.69, 9.17) is 4.74 Å². The van der Waals surface area contributed by atoms with Crippen LogP contribution in [0.2, 0.25) is 0 Å². The molecule has 1 rings (SSSR count). The molecular formula is C10H10F3NO2. The number of alkyl halides is 3. The van der Waals surface area contributed by atoms with Crippen LogP contribution in [0.5, 0.6) is 0 Å². The van der Waals surface area contributed by atoms with Crippen molar-refractivity contribution in [3.63, 3.8) is 0 Å². The number of esters is 1. The van der Waals surface area contributed by atoms with Gasteiger partial charge in [-0.3, -0.25) is 0 Å². The molecule has 1 aromatic heterocycles. The van der Waals surface area contributed by atoms with Gasteiger partial charge in [-0.25, -0.2) is 9.78 Å². The zero-order valence-corrected chi connectivity index (χ0v) is 8.71. The van der Waals surface area contributed by atoms with Crippen LogP contribution in [0.3, 0.4) is 0 Å². The summed E-state index contributed by atoms with van der Waals surface area (Å²) in [5.41, 5.74) is -1.45. The van der Waals surface area contributed by atoms with Gasteiger partial charge in [0.15, 0.2) is 0 Å². The van der Waals surface area contributed by atoms with Gasteiger partial charge in [0.1, 0.15) is 11.4 Å². The highest BCUT2D eigenvalue weighted by molar-refractivity contribution is 5.87. The highest BCUT2D eigenvalue weighted by Gasteiger charge is 2.33. The Morgan fingerprint density at radius 3 is 2.50 bits per heavy atom. The lowest BCUT2D eigenvalue weighted by molar-refractivity contribution is -0.141. The second kappa shape index (κ2) is 4.51. The molecule has 0 bridgehead atoms. The summed E-state index contributed by atoms with van der Waals surface area (Å²) in [6, 6.07) is 3.10. The van der Waals surface area contributed by atoms with Crippen molar-refractivity contribution in [2.45, 2.75) is 26.1 Å². The van der Waals surface area contributed by atoms with Gasteiger partial charge in [-0.2, -0.15) is 13.2 Å². The standard InChI is InChI=1S/C10H10F3NO2/c1-6(2)16-9(15)7-4-3-5-8(14-7)10(11,12)13/h3-6H,1-2H3. The minimum absolute atomic E-state index is 0.344. The molecule has 0 amide bonds. The quantitative estimate of drug-likeness (QED) is 0.737. The Kier molecular flexibility index (Phi) is 3.51. The van der Waals surface area contributed by atoms with Crippen LogP contribution in [0.15, 0.2) is 18.2 Å². The predicted octanol–water partition coefficient (Wildman–Crippen LogP) is 2.67. The Labute approximate surface area is 90.2 Å². The molecule has 0 saturated heterocycles. The number of pyridine rings is 1. The van der Waals surface area contributed by atoms with Gasteiger partial charge in [-0.05, 0) is 26.0 Å². The van der Waals surface area contributed by atoms with E-state index < -0.39 is 23.9 Å². The lowest BCUT2D eigenvalue weighted by Crippen LogP contribution is -2.16. The normalized spacial score (nSPS) is 11.6. The van der Waals surface area contributed by atoms with Crippen molar-refractivity contribution in [3.05, 3.63) is 29.6 Å². The van der Waals surface area contributed by atoms with E-state index in [1.807, 2.05) is 0 Å². The fourth-order valence-corrected chi connectivity index (χ4v) is 0.981. The molecular weight excluding hydrogens is 223 g/mol. The molecule has 0 fully saturated rings. The van der Waals surface area contributed by atoms with E-state index in [0.717, 1.165) is 12.1 Å². The molecule has 0 aromatic carbocycles. The van der Waals surface area contributed by atoms with E-state index in [1.165, 1.54) is 6.07 Å². The Morgan fingerprint density at radius 1 is 1.38 bits per heavy atom. The van der Waals surface area contributed by atoms with Crippen LogP contribution in [0.25, 0.3) is 0 Å². The van der Waals surface area contributed by atoms with Crippen molar-refractivity contribution in [3.8, 4) is 0 Å². The number of carbonyl (C=O) groups excluding carboxylic acids is 1. The van der Waals surface area contributed by atoms with E-state index in [1.54, 1.807) is 13.8 Å². The summed E-state index contributed by atoms with van der Waals surface area (Å²) in [4.78, 5) is 14.5. The fourth-order valence-electron chi connectivity index (χ4n) is 0.981. The zero-order chi connectivity index (χ0) is 12.3. The van der Waals surface area contributed by atoms with Crippen LogP contribution in [-0.2, 0) is 10.9 Å². The first-order chi connectivity index (χ1) is 7.30. The van der Waals surface area contributed by atoms with Crippen LogP contribution in [0.1, 0.15) is 30.0 Å². The van der Waals surface area contributed by atoms with Crippen molar-refractivity contribution in [2.24, 2.45) is 0 Å². The Hall–Kier alpha value is -1.59. The zero-order valence-electron chi connectivity index (χ0n) is 8.71. The number of aromatic nitrogens is 1. The van der Waals surface area contributed by atoms with E-state index in [2.05, 4.69) is 4.98 Å². The van der Waals surface area contributed by atoms with Gasteiger partial charge >= 0.3 is 12.1 Å². The third kappa shape index (κ3) is 3.22. The van der Waals surface area contributed by atoms with Crippen LogP contribution < -0.4 is 0 Å². The van der Waals surface area contributed by atoms with Crippen molar-refractivity contribution >= 4 is 5.97 Å². The molecule has 0 atom stereocenters. The maximum Gasteiger partial charge on any atom is 0.433 e. The molecule has 0 aliphatic carbocycles. The van der Waals surface area contributed by atoms with Crippen LogP contribution in [0.4, 0.5) is 13.2 Å². The topological polar surface area (TPSA) is 39.2 Å².